The monoisotopic (exact) mass is 367 g/mol. The first-order chi connectivity index (χ1) is 13.0. The molecule has 0 aliphatic rings. The highest BCUT2D eigenvalue weighted by molar-refractivity contribution is 5.94. The number of benzene rings is 2. The molecule has 0 saturated carbocycles. The molecule has 0 radical (unpaired) electrons. The van der Waals surface area contributed by atoms with E-state index in [0.29, 0.717) is 25.7 Å². The normalized spacial score (nSPS) is 11.2. The van der Waals surface area contributed by atoms with Crippen molar-refractivity contribution in [2.45, 2.75) is 39.8 Å². The van der Waals surface area contributed by atoms with Gasteiger partial charge in [0.2, 0.25) is 0 Å². The number of nitrogens with zero attached hydrogens (tertiary/aromatic N) is 2. The molecule has 2 aromatic carbocycles. The van der Waals surface area contributed by atoms with Crippen LogP contribution in [0.15, 0.2) is 54.6 Å². The van der Waals surface area contributed by atoms with E-state index in [9.17, 15) is 4.79 Å². The van der Waals surface area contributed by atoms with Crippen LogP contribution in [0, 0.1) is 0 Å². The highest BCUT2D eigenvalue weighted by Crippen LogP contribution is 2.12. The fourth-order valence-electron chi connectivity index (χ4n) is 3.21. The molecule has 0 bridgehead atoms. The average Bonchev–Trinajstić information content (AvgIpc) is 2.69. The maximum absolute atomic E-state index is 12.9. The average molecular weight is 368 g/mol. The zero-order valence-electron chi connectivity index (χ0n) is 16.9. The number of carbonyl (C=O) groups is 1. The number of rotatable bonds is 10. The van der Waals surface area contributed by atoms with E-state index in [-0.39, 0.29) is 5.91 Å². The van der Waals surface area contributed by atoms with Crippen molar-refractivity contribution in [3.63, 3.8) is 0 Å². The summed E-state index contributed by atoms with van der Waals surface area (Å²) in [6, 6.07) is 18.8. The highest BCUT2D eigenvalue weighted by Gasteiger charge is 2.15. The zero-order valence-corrected chi connectivity index (χ0v) is 16.9. The third-order valence-corrected chi connectivity index (χ3v) is 4.92. The van der Waals surface area contributed by atoms with E-state index in [2.05, 4.69) is 49.9 Å². The predicted molar refractivity (Wildman–Crippen MR) is 113 cm³/mol. The Balaban J connectivity index is 2.02. The molecule has 2 N–H and O–H groups in total. The Hall–Kier alpha value is -2.17. The molecule has 0 fully saturated rings. The topological polar surface area (TPSA) is 49.6 Å². The Morgan fingerprint density at radius 1 is 0.963 bits per heavy atom. The molecule has 0 heterocycles. The third-order valence-electron chi connectivity index (χ3n) is 4.92. The van der Waals surface area contributed by atoms with E-state index in [4.69, 9.17) is 5.73 Å². The van der Waals surface area contributed by atoms with Crippen LogP contribution in [0.3, 0.4) is 0 Å². The van der Waals surface area contributed by atoms with Crippen LogP contribution in [0.1, 0.15) is 42.3 Å². The van der Waals surface area contributed by atoms with Gasteiger partial charge in [0.15, 0.2) is 0 Å². The van der Waals surface area contributed by atoms with E-state index >= 15 is 0 Å². The van der Waals surface area contributed by atoms with Crippen LogP contribution in [0.2, 0.25) is 0 Å². The molecule has 2 aromatic rings. The molecule has 4 nitrogen and oxygen atoms in total. The van der Waals surface area contributed by atoms with Gasteiger partial charge in [0.25, 0.3) is 5.91 Å². The summed E-state index contributed by atoms with van der Waals surface area (Å²) in [6.07, 6.45) is 0.838. The first kappa shape index (κ1) is 21.1. The van der Waals surface area contributed by atoms with Crippen molar-refractivity contribution < 1.29 is 4.79 Å². The van der Waals surface area contributed by atoms with Gasteiger partial charge in [-0.15, -0.1) is 0 Å². The molecular weight excluding hydrogens is 334 g/mol. The van der Waals surface area contributed by atoms with Crippen molar-refractivity contribution in [3.8, 4) is 0 Å². The second-order valence-corrected chi connectivity index (χ2v) is 7.17. The minimum absolute atomic E-state index is 0.0548. The van der Waals surface area contributed by atoms with E-state index in [1.165, 1.54) is 11.1 Å². The van der Waals surface area contributed by atoms with Crippen molar-refractivity contribution in [1.29, 1.82) is 0 Å². The van der Waals surface area contributed by atoms with Gasteiger partial charge in [0.05, 0.1) is 0 Å². The molecule has 146 valence electrons. The van der Waals surface area contributed by atoms with Gasteiger partial charge < -0.3 is 10.6 Å². The van der Waals surface area contributed by atoms with Crippen molar-refractivity contribution >= 4 is 5.91 Å². The molecule has 4 heteroatoms. The smallest absolute Gasteiger partial charge is 0.253 e. The summed E-state index contributed by atoms with van der Waals surface area (Å²) in [5.41, 5.74) is 8.93. The third kappa shape index (κ3) is 6.49. The van der Waals surface area contributed by atoms with Crippen LogP contribution in [-0.4, -0.2) is 47.9 Å². The number of hydrogen-bond acceptors (Lipinski definition) is 3. The molecular formula is C23H33N3O. The summed E-state index contributed by atoms with van der Waals surface area (Å²) in [5, 5.41) is 0. The lowest BCUT2D eigenvalue weighted by Gasteiger charge is -2.25. The first-order valence-electron chi connectivity index (χ1n) is 9.91. The second-order valence-electron chi connectivity index (χ2n) is 7.17. The molecule has 0 saturated heterocycles. The van der Waals surface area contributed by atoms with E-state index in [0.717, 1.165) is 25.1 Å². The van der Waals surface area contributed by atoms with Gasteiger partial charge in [-0.3, -0.25) is 9.69 Å². The van der Waals surface area contributed by atoms with Gasteiger partial charge in [-0.1, -0.05) is 49.4 Å². The summed E-state index contributed by atoms with van der Waals surface area (Å²) in [7, 11) is 0. The Morgan fingerprint density at radius 3 is 2.19 bits per heavy atom. The molecule has 0 aromatic heterocycles. The Morgan fingerprint density at radius 2 is 1.63 bits per heavy atom. The molecule has 0 aliphatic heterocycles. The minimum Gasteiger partial charge on any atom is -0.337 e. The number of hydrogen-bond donors (Lipinski definition) is 1. The lowest BCUT2D eigenvalue weighted by Crippen LogP contribution is -2.37. The Bertz CT molecular complexity index is 683. The van der Waals surface area contributed by atoms with Crippen molar-refractivity contribution in [2.24, 2.45) is 5.73 Å². The van der Waals surface area contributed by atoms with Crippen LogP contribution in [-0.2, 0) is 13.0 Å². The molecule has 27 heavy (non-hydrogen) atoms. The molecule has 0 unspecified atom stereocenters. The second kappa shape index (κ2) is 10.9. The van der Waals surface area contributed by atoms with Gasteiger partial charge in [-0.25, -0.2) is 0 Å². The highest BCUT2D eigenvalue weighted by atomic mass is 16.2. The fourth-order valence-corrected chi connectivity index (χ4v) is 3.21. The lowest BCUT2D eigenvalue weighted by atomic mass is 10.1. The zero-order chi connectivity index (χ0) is 19.6. The molecule has 0 spiro atoms. The lowest BCUT2D eigenvalue weighted by molar-refractivity contribution is 0.0762. The summed E-state index contributed by atoms with van der Waals surface area (Å²) >= 11 is 0. The quantitative estimate of drug-likeness (QED) is 0.698. The van der Waals surface area contributed by atoms with Gasteiger partial charge in [-0.2, -0.15) is 0 Å². The van der Waals surface area contributed by atoms with Gasteiger partial charge in [-0.05, 0) is 50.1 Å². The van der Waals surface area contributed by atoms with Crippen molar-refractivity contribution in [1.82, 2.24) is 9.80 Å². The summed E-state index contributed by atoms with van der Waals surface area (Å²) in [6.45, 7) is 10.2. The number of nitrogens with two attached hydrogens (primary N) is 1. The SMILES string of the molecule is CCN(Cc1ccc(C(=O)N(CCN)CCc2ccccc2)cc1)C(C)C. The summed E-state index contributed by atoms with van der Waals surface area (Å²) in [5.74, 6) is 0.0548. The van der Waals surface area contributed by atoms with E-state index in [1.54, 1.807) is 0 Å². The predicted octanol–water partition coefficient (Wildman–Crippen LogP) is 3.56. The first-order valence-corrected chi connectivity index (χ1v) is 9.91. The molecule has 0 aliphatic carbocycles. The summed E-state index contributed by atoms with van der Waals surface area (Å²) < 4.78 is 0. The van der Waals surface area contributed by atoms with Gasteiger partial charge in [0, 0.05) is 37.8 Å². The van der Waals surface area contributed by atoms with Crippen LogP contribution in [0.4, 0.5) is 0 Å². The standard InChI is InChI=1S/C23H33N3O/c1-4-25(19(2)3)18-21-10-12-22(13-11-21)23(27)26(17-15-24)16-14-20-8-6-5-7-9-20/h5-13,19H,4,14-18,24H2,1-3H3. The van der Waals surface area contributed by atoms with Gasteiger partial charge >= 0.3 is 0 Å². The van der Waals surface area contributed by atoms with Crippen LogP contribution >= 0.6 is 0 Å². The van der Waals surface area contributed by atoms with Crippen LogP contribution in [0.5, 0.6) is 0 Å². The van der Waals surface area contributed by atoms with Crippen LogP contribution in [0.25, 0.3) is 0 Å². The van der Waals surface area contributed by atoms with Crippen LogP contribution < -0.4 is 5.73 Å². The number of amides is 1. The van der Waals surface area contributed by atoms with Gasteiger partial charge in [0.1, 0.15) is 0 Å². The Kier molecular flexibility index (Phi) is 8.49. The van der Waals surface area contributed by atoms with Crippen molar-refractivity contribution in [3.05, 3.63) is 71.3 Å². The molecule has 0 atom stereocenters. The minimum atomic E-state index is 0.0548. The van der Waals surface area contributed by atoms with E-state index in [1.807, 2.05) is 35.2 Å². The molecule has 1 amide bonds. The Labute approximate surface area is 164 Å². The maximum Gasteiger partial charge on any atom is 0.253 e. The maximum atomic E-state index is 12.9. The van der Waals surface area contributed by atoms with E-state index < -0.39 is 0 Å². The summed E-state index contributed by atoms with van der Waals surface area (Å²) in [4.78, 5) is 17.2. The molecule has 2 rings (SSSR count). The van der Waals surface area contributed by atoms with Crippen molar-refractivity contribution in [2.75, 3.05) is 26.2 Å². The largest absolute Gasteiger partial charge is 0.337 e. The fraction of sp³-hybridized carbons (Fsp3) is 0.435. The number of carbonyl (C=O) groups excluding carboxylic acids is 1.